The number of nitrogens with one attached hydrogen (secondary N) is 1. The highest BCUT2D eigenvalue weighted by atomic mass is 32.1. The maximum atomic E-state index is 4.31. The van der Waals surface area contributed by atoms with Gasteiger partial charge in [-0.25, -0.2) is 0 Å². The van der Waals surface area contributed by atoms with Crippen LogP contribution >= 0.6 is 0 Å². The molecule has 0 aliphatic rings. The van der Waals surface area contributed by atoms with Crippen molar-refractivity contribution >= 4 is 12.4 Å². The third-order valence-electron chi connectivity index (χ3n) is 0.381. The summed E-state index contributed by atoms with van der Waals surface area (Å²) in [6, 6.07) is 0. The van der Waals surface area contributed by atoms with E-state index in [9.17, 15) is 0 Å². The van der Waals surface area contributed by atoms with Crippen molar-refractivity contribution in [3.05, 3.63) is 0 Å². The predicted molar refractivity (Wildman–Crippen MR) is 44.0 cm³/mol. The molecular weight excluding hydrogens is 132 g/mol. The summed E-state index contributed by atoms with van der Waals surface area (Å²) >= 11 is 4.31. The van der Waals surface area contributed by atoms with Crippen LogP contribution in [0.1, 0.15) is 34.6 Å². The van der Waals surface area contributed by atoms with E-state index in [1.165, 1.54) is 0 Å². The van der Waals surface area contributed by atoms with Crippen LogP contribution in [-0.2, 0) is 12.4 Å². The van der Waals surface area contributed by atoms with Crippen molar-refractivity contribution in [1.82, 2.24) is 5.43 Å². The molecule has 0 saturated carbocycles. The smallest absolute Gasteiger partial charge is 0.0626 e. The molecule has 2 nitrogen and oxygen atoms in total. The minimum Gasteiger partial charge on any atom is -0.293 e. The Hall–Kier alpha value is -0.180. The second-order valence-corrected chi connectivity index (χ2v) is 2.64. The normalized spacial score (nSPS) is 9.00. The standard InChI is InChI=1S/C4H10N2S.C2H6/c1-4(2,3)5-6-7;1-2/h1-3H3,(H,5,7);1-2H3. The third-order valence-corrected chi connectivity index (χ3v) is 0.472. The van der Waals surface area contributed by atoms with Gasteiger partial charge in [-0.2, -0.15) is 0 Å². The molecule has 0 fully saturated rings. The van der Waals surface area contributed by atoms with Crippen LogP contribution in [0.15, 0.2) is 4.47 Å². The topological polar surface area (TPSA) is 24.4 Å². The first-order valence-corrected chi connectivity index (χ1v) is 3.52. The summed E-state index contributed by atoms with van der Waals surface area (Å²) in [6.45, 7) is 10.0. The highest BCUT2D eigenvalue weighted by Gasteiger charge is 2.04. The summed E-state index contributed by atoms with van der Waals surface area (Å²) in [4.78, 5) is 0. The summed E-state index contributed by atoms with van der Waals surface area (Å²) in [6.07, 6.45) is 0. The molecule has 0 rings (SSSR count). The lowest BCUT2D eigenvalue weighted by molar-refractivity contribution is 0.446. The van der Waals surface area contributed by atoms with Gasteiger partial charge >= 0.3 is 0 Å². The molecule has 56 valence electrons. The Morgan fingerprint density at radius 1 is 1.22 bits per heavy atom. The van der Waals surface area contributed by atoms with E-state index in [4.69, 9.17) is 0 Å². The van der Waals surface area contributed by atoms with Crippen molar-refractivity contribution in [2.75, 3.05) is 0 Å². The number of hydrogen-bond donors (Lipinski definition) is 1. The Morgan fingerprint density at radius 2 is 1.56 bits per heavy atom. The van der Waals surface area contributed by atoms with Crippen LogP contribution in [0.2, 0.25) is 0 Å². The molecule has 0 bridgehead atoms. The molecule has 0 spiro atoms. The van der Waals surface area contributed by atoms with E-state index in [0.717, 1.165) is 0 Å². The monoisotopic (exact) mass is 148 g/mol. The van der Waals surface area contributed by atoms with Gasteiger partial charge in [0.25, 0.3) is 0 Å². The van der Waals surface area contributed by atoms with Crippen molar-refractivity contribution in [2.24, 2.45) is 4.47 Å². The fourth-order valence-corrected chi connectivity index (χ4v) is 0.411. The van der Waals surface area contributed by atoms with E-state index >= 15 is 0 Å². The summed E-state index contributed by atoms with van der Waals surface area (Å²) in [5.74, 6) is 0. The molecule has 0 aromatic heterocycles. The van der Waals surface area contributed by atoms with E-state index in [1.54, 1.807) is 0 Å². The van der Waals surface area contributed by atoms with Crippen molar-refractivity contribution < 1.29 is 0 Å². The largest absolute Gasteiger partial charge is 0.293 e. The first-order chi connectivity index (χ1) is 4.06. The van der Waals surface area contributed by atoms with Gasteiger partial charge in [0, 0.05) is 5.54 Å². The van der Waals surface area contributed by atoms with Crippen molar-refractivity contribution in [2.45, 2.75) is 40.2 Å². The van der Waals surface area contributed by atoms with Gasteiger partial charge in [-0.3, -0.25) is 5.43 Å². The molecule has 0 saturated heterocycles. The van der Waals surface area contributed by atoms with Crippen LogP contribution in [0, 0.1) is 0 Å². The van der Waals surface area contributed by atoms with Crippen LogP contribution in [0.5, 0.6) is 0 Å². The fraction of sp³-hybridized carbons (Fsp3) is 1.00. The van der Waals surface area contributed by atoms with Crippen LogP contribution in [0.25, 0.3) is 0 Å². The van der Waals surface area contributed by atoms with Crippen LogP contribution in [0.3, 0.4) is 0 Å². The lowest BCUT2D eigenvalue weighted by Crippen LogP contribution is -2.30. The molecule has 9 heavy (non-hydrogen) atoms. The van der Waals surface area contributed by atoms with Crippen molar-refractivity contribution in [3.63, 3.8) is 0 Å². The van der Waals surface area contributed by atoms with Gasteiger partial charge in [0.05, 0.1) is 12.4 Å². The lowest BCUT2D eigenvalue weighted by Gasteiger charge is -2.14. The number of hydrogen-bond acceptors (Lipinski definition) is 2. The van der Waals surface area contributed by atoms with Gasteiger partial charge in [0.2, 0.25) is 0 Å². The van der Waals surface area contributed by atoms with E-state index in [0.29, 0.717) is 0 Å². The van der Waals surface area contributed by atoms with E-state index < -0.39 is 0 Å². The van der Waals surface area contributed by atoms with Crippen LogP contribution in [-0.4, -0.2) is 5.54 Å². The molecule has 0 heterocycles. The Labute approximate surface area is 63.2 Å². The van der Waals surface area contributed by atoms with Gasteiger partial charge in [0.1, 0.15) is 0 Å². The zero-order chi connectivity index (χ0) is 7.91. The maximum absolute atomic E-state index is 4.31. The molecule has 0 atom stereocenters. The summed E-state index contributed by atoms with van der Waals surface area (Å²) < 4.78 is 3.34. The Morgan fingerprint density at radius 3 is 1.56 bits per heavy atom. The maximum Gasteiger partial charge on any atom is 0.0626 e. The van der Waals surface area contributed by atoms with Crippen molar-refractivity contribution in [1.29, 1.82) is 0 Å². The van der Waals surface area contributed by atoms with Crippen LogP contribution < -0.4 is 5.43 Å². The molecule has 0 radical (unpaired) electrons. The molecule has 3 heteroatoms. The Bertz CT molecular complexity index is 65.9. The molecule has 0 unspecified atom stereocenters. The second-order valence-electron chi connectivity index (χ2n) is 2.45. The molecular formula is C6H16N2S. The summed E-state index contributed by atoms with van der Waals surface area (Å²) in [5.41, 5.74) is 2.75. The molecule has 0 aliphatic carbocycles. The van der Waals surface area contributed by atoms with E-state index in [1.807, 2.05) is 34.6 Å². The number of nitrogens with zero attached hydrogens (tertiary/aromatic N) is 1. The molecule has 1 N–H and O–H groups in total. The fourth-order valence-electron chi connectivity index (χ4n) is 0.137. The lowest BCUT2D eigenvalue weighted by atomic mass is 10.1. The highest BCUT2D eigenvalue weighted by molar-refractivity contribution is 7.47. The highest BCUT2D eigenvalue weighted by Crippen LogP contribution is 1.96. The molecule has 0 amide bonds. The average molecular weight is 148 g/mol. The molecule has 0 aromatic carbocycles. The number of rotatable bonds is 1. The first kappa shape index (κ1) is 11.6. The van der Waals surface area contributed by atoms with Gasteiger partial charge in [0.15, 0.2) is 0 Å². The third kappa shape index (κ3) is 18.2. The molecule has 0 aromatic rings. The van der Waals surface area contributed by atoms with Gasteiger partial charge in [-0.15, -0.1) is 4.47 Å². The minimum atomic E-state index is 0.0295. The zero-order valence-electron chi connectivity index (χ0n) is 6.86. The minimum absolute atomic E-state index is 0.0295. The van der Waals surface area contributed by atoms with Gasteiger partial charge in [-0.05, 0) is 20.8 Å². The summed E-state index contributed by atoms with van der Waals surface area (Å²) in [5, 5.41) is 0. The Kier molecular flexibility index (Phi) is 7.66. The van der Waals surface area contributed by atoms with E-state index in [-0.39, 0.29) is 5.54 Å². The van der Waals surface area contributed by atoms with Crippen LogP contribution in [0.4, 0.5) is 0 Å². The first-order valence-electron chi connectivity index (χ1n) is 3.16. The quantitative estimate of drug-likeness (QED) is 0.575. The van der Waals surface area contributed by atoms with Gasteiger partial charge in [-0.1, -0.05) is 13.8 Å². The summed E-state index contributed by atoms with van der Waals surface area (Å²) in [7, 11) is 0. The van der Waals surface area contributed by atoms with E-state index in [2.05, 4.69) is 22.3 Å². The predicted octanol–water partition coefficient (Wildman–Crippen LogP) is 2.05. The molecule has 0 aliphatic heterocycles. The Balaban J connectivity index is 0. The SMILES string of the molecule is CC.CC(C)(C)NN=S. The van der Waals surface area contributed by atoms with Gasteiger partial charge < -0.3 is 0 Å². The van der Waals surface area contributed by atoms with Crippen molar-refractivity contribution in [3.8, 4) is 0 Å². The second kappa shape index (κ2) is 5.95. The average Bonchev–Trinajstić information content (AvgIpc) is 1.69. The zero-order valence-corrected chi connectivity index (χ0v) is 7.67.